The first-order chi connectivity index (χ1) is 9.77. The second-order valence-corrected chi connectivity index (χ2v) is 3.84. The molecular weight excluding hydrogens is 444 g/mol. The molecule has 0 saturated heterocycles. The Morgan fingerprint density at radius 2 is 1.71 bits per heavy atom. The molecule has 0 unspecified atom stereocenters. The quantitative estimate of drug-likeness (QED) is 0.639. The van der Waals surface area contributed by atoms with Crippen LogP contribution in [0.15, 0.2) is 48.7 Å². The third-order valence-corrected chi connectivity index (χ3v) is 2.19. The molecule has 1 aromatic heterocycles. The van der Waals surface area contributed by atoms with Crippen LogP contribution in [0.3, 0.4) is 0 Å². The number of hydrogen-bond acceptors (Lipinski definition) is 4. The van der Waals surface area contributed by atoms with Gasteiger partial charge in [0.05, 0.1) is 0 Å². The first-order valence-electron chi connectivity index (χ1n) is 6.10. The zero-order valence-electron chi connectivity index (χ0n) is 12.3. The van der Waals surface area contributed by atoms with Crippen molar-refractivity contribution in [3.63, 3.8) is 0 Å². The third kappa shape index (κ3) is 8.71. The molecule has 0 spiro atoms. The van der Waals surface area contributed by atoms with Gasteiger partial charge in [-0.15, -0.1) is 35.9 Å². The van der Waals surface area contributed by atoms with E-state index in [-0.39, 0.29) is 20.1 Å². The van der Waals surface area contributed by atoms with Gasteiger partial charge in [-0.1, -0.05) is 19.2 Å². The molecule has 5 heteroatoms. The van der Waals surface area contributed by atoms with Crippen LogP contribution in [-0.4, -0.2) is 31.2 Å². The molecule has 1 aromatic carbocycles. The summed E-state index contributed by atoms with van der Waals surface area (Å²) < 4.78 is 9.29. The molecule has 0 aliphatic heterocycles. The first-order valence-corrected chi connectivity index (χ1v) is 6.10. The third-order valence-electron chi connectivity index (χ3n) is 2.19. The molecule has 0 N–H and O–H groups in total. The second-order valence-electron chi connectivity index (χ2n) is 3.84. The maximum Gasteiger partial charge on any atom is 3.00 e. The Labute approximate surface area is 140 Å². The molecule has 0 bridgehead atoms. The Balaban J connectivity index is 0.000000397. The van der Waals surface area contributed by atoms with Crippen molar-refractivity contribution >= 4 is 0 Å². The van der Waals surface area contributed by atoms with Crippen molar-refractivity contribution in [2.75, 3.05) is 21.3 Å². The summed E-state index contributed by atoms with van der Waals surface area (Å²) in [6.07, 6.45) is 1.79. The molecule has 0 fully saturated rings. The van der Waals surface area contributed by atoms with Gasteiger partial charge in [-0.3, -0.25) is 0 Å². The summed E-state index contributed by atoms with van der Waals surface area (Å²) in [4.78, 5) is 5.88. The number of nitrogens with zero attached hydrogens (tertiary/aromatic N) is 2. The van der Waals surface area contributed by atoms with Crippen LogP contribution in [0.4, 0.5) is 0 Å². The van der Waals surface area contributed by atoms with Gasteiger partial charge in [-0.2, -0.15) is 13.5 Å². The molecular formula is C16H19IrN2O2. The van der Waals surface area contributed by atoms with E-state index in [0.717, 1.165) is 11.3 Å². The molecule has 0 saturated carbocycles. The SMILES string of the molecule is CO[CH-]N(C)[CH-]OC.[Ir+3].[c-]1ccccc1-c1ccccn1. The normalized spacial score (nSPS) is 9.52. The van der Waals surface area contributed by atoms with E-state index in [4.69, 9.17) is 0 Å². The summed E-state index contributed by atoms with van der Waals surface area (Å²) in [5, 5.41) is 0. The van der Waals surface area contributed by atoms with Crippen LogP contribution in [0.25, 0.3) is 11.3 Å². The Morgan fingerprint density at radius 1 is 1.05 bits per heavy atom. The fourth-order valence-corrected chi connectivity index (χ4v) is 1.43. The Morgan fingerprint density at radius 3 is 2.19 bits per heavy atom. The van der Waals surface area contributed by atoms with Crippen LogP contribution in [-0.2, 0) is 29.6 Å². The van der Waals surface area contributed by atoms with Crippen LogP contribution >= 0.6 is 0 Å². The topological polar surface area (TPSA) is 34.6 Å². The van der Waals surface area contributed by atoms with Gasteiger partial charge in [0, 0.05) is 20.4 Å². The first kappa shape index (κ1) is 19.9. The number of rotatable bonds is 5. The zero-order valence-corrected chi connectivity index (χ0v) is 14.7. The molecule has 2 rings (SSSR count). The van der Waals surface area contributed by atoms with E-state index in [1.807, 2.05) is 49.5 Å². The smallest absolute Gasteiger partial charge is 0.566 e. The van der Waals surface area contributed by atoms with Crippen LogP contribution in [0.2, 0.25) is 0 Å². The fourth-order valence-electron chi connectivity index (χ4n) is 1.43. The monoisotopic (exact) mass is 464 g/mol. The van der Waals surface area contributed by atoms with E-state index >= 15 is 0 Å². The molecule has 0 atom stereocenters. The van der Waals surface area contributed by atoms with Crippen LogP contribution in [0.1, 0.15) is 0 Å². The van der Waals surface area contributed by atoms with Crippen molar-refractivity contribution in [3.8, 4) is 11.3 Å². The predicted octanol–water partition coefficient (Wildman–Crippen LogP) is 3.00. The Hall–Kier alpha value is -1.10. The Bertz CT molecular complexity index is 411. The molecule has 2 aromatic rings. The number of pyridine rings is 1. The second kappa shape index (κ2) is 12.6. The minimum absolute atomic E-state index is 0. The van der Waals surface area contributed by atoms with Crippen LogP contribution in [0, 0.1) is 19.5 Å². The summed E-state index contributed by atoms with van der Waals surface area (Å²) in [5.41, 5.74) is 2.01. The van der Waals surface area contributed by atoms with Crippen molar-refractivity contribution < 1.29 is 29.6 Å². The summed E-state index contributed by atoms with van der Waals surface area (Å²) in [6.45, 7) is 3.06. The van der Waals surface area contributed by atoms with Crippen molar-refractivity contribution in [2.24, 2.45) is 0 Å². The van der Waals surface area contributed by atoms with Crippen LogP contribution in [0.5, 0.6) is 0 Å². The maximum atomic E-state index is 4.65. The summed E-state index contributed by atoms with van der Waals surface area (Å²) in [7, 11) is 4.98. The summed E-state index contributed by atoms with van der Waals surface area (Å²) >= 11 is 0. The minimum atomic E-state index is 0. The zero-order chi connectivity index (χ0) is 14.6. The van der Waals surface area contributed by atoms with Gasteiger partial charge >= 0.3 is 20.1 Å². The molecule has 0 radical (unpaired) electrons. The van der Waals surface area contributed by atoms with Gasteiger partial charge in [-0.25, -0.2) is 0 Å². The number of hydrogen-bond donors (Lipinski definition) is 0. The van der Waals surface area contributed by atoms with E-state index in [1.54, 1.807) is 25.3 Å². The van der Waals surface area contributed by atoms with Gasteiger partial charge < -0.3 is 19.4 Å². The standard InChI is InChI=1S/C11H8N.C5H11NO2.Ir/c1-2-6-10(7-3-1)11-8-4-5-9-12-11;1-6(4-7-2)5-8-3;/h1-6,8-9H;4-5H,1-3H3;/q-1;-2;+3. The molecule has 0 amide bonds. The predicted molar refractivity (Wildman–Crippen MR) is 78.9 cm³/mol. The minimum Gasteiger partial charge on any atom is -0.566 e. The van der Waals surface area contributed by atoms with Crippen molar-refractivity contribution in [3.05, 3.63) is 68.2 Å². The van der Waals surface area contributed by atoms with Gasteiger partial charge in [0.1, 0.15) is 0 Å². The van der Waals surface area contributed by atoms with Gasteiger partial charge in [-0.05, 0) is 11.8 Å². The number of methoxy groups -OCH3 is 2. The van der Waals surface area contributed by atoms with Gasteiger partial charge in [0.25, 0.3) is 0 Å². The molecule has 1 heterocycles. The molecule has 114 valence electrons. The number of benzene rings is 1. The van der Waals surface area contributed by atoms with Crippen molar-refractivity contribution in [1.29, 1.82) is 0 Å². The molecule has 0 aliphatic rings. The average molecular weight is 464 g/mol. The van der Waals surface area contributed by atoms with Crippen molar-refractivity contribution in [2.45, 2.75) is 0 Å². The van der Waals surface area contributed by atoms with E-state index in [9.17, 15) is 0 Å². The summed E-state index contributed by atoms with van der Waals surface area (Å²) in [6, 6.07) is 16.8. The van der Waals surface area contributed by atoms with E-state index in [2.05, 4.69) is 20.5 Å². The van der Waals surface area contributed by atoms with Crippen molar-refractivity contribution in [1.82, 2.24) is 9.88 Å². The Kier molecular flexibility index (Phi) is 12.0. The molecule has 0 aliphatic carbocycles. The van der Waals surface area contributed by atoms with E-state index in [0.29, 0.717) is 0 Å². The van der Waals surface area contributed by atoms with Gasteiger partial charge in [0.15, 0.2) is 0 Å². The fraction of sp³-hybridized carbons (Fsp3) is 0.188. The largest absolute Gasteiger partial charge is 3.00 e. The molecule has 4 nitrogen and oxygen atoms in total. The van der Waals surface area contributed by atoms with Crippen LogP contribution < -0.4 is 0 Å². The van der Waals surface area contributed by atoms with E-state index < -0.39 is 0 Å². The van der Waals surface area contributed by atoms with Gasteiger partial charge in [0.2, 0.25) is 0 Å². The van der Waals surface area contributed by atoms with E-state index in [1.165, 1.54) is 13.5 Å². The number of ether oxygens (including phenoxy) is 2. The summed E-state index contributed by atoms with van der Waals surface area (Å²) in [5.74, 6) is 0. The number of aromatic nitrogens is 1. The maximum absolute atomic E-state index is 4.65. The molecule has 21 heavy (non-hydrogen) atoms. The average Bonchev–Trinajstić information content (AvgIpc) is 2.50.